The molecule has 8 heteroatoms. The van der Waals surface area contributed by atoms with Crippen LogP contribution in [0.4, 0.5) is 0 Å². The quantitative estimate of drug-likeness (QED) is 0.530. The Kier molecular flexibility index (Phi) is 8.69. The van der Waals surface area contributed by atoms with Crippen LogP contribution in [-0.2, 0) is 22.4 Å². The van der Waals surface area contributed by atoms with Crippen molar-refractivity contribution < 1.29 is 24.8 Å². The number of hydrogen-bond acceptors (Lipinski definition) is 7. The number of nitrogens with zero attached hydrogens (tertiary/aromatic N) is 3. The van der Waals surface area contributed by atoms with Crippen molar-refractivity contribution in [1.82, 2.24) is 15.0 Å². The monoisotopic (exact) mass is 383 g/mol. The second kappa shape index (κ2) is 10.8. The van der Waals surface area contributed by atoms with Gasteiger partial charge in [-0.15, -0.1) is 5.10 Å². The molecule has 0 fully saturated rings. The Balaban J connectivity index is 1.90. The minimum atomic E-state index is -1.25. The van der Waals surface area contributed by atoms with E-state index in [0.717, 1.165) is 18.2 Å². The Bertz CT molecular complexity index is 592. The van der Waals surface area contributed by atoms with E-state index in [1.54, 1.807) is 4.68 Å². The second-order valence-electron chi connectivity index (χ2n) is 7.41. The van der Waals surface area contributed by atoms with Crippen molar-refractivity contribution in [2.24, 2.45) is 5.92 Å². The molecular formula is C19H33N3O5. The van der Waals surface area contributed by atoms with Gasteiger partial charge >= 0.3 is 0 Å². The highest BCUT2D eigenvalue weighted by atomic mass is 16.7. The number of rotatable bonds is 10. The van der Waals surface area contributed by atoms with Gasteiger partial charge in [0.1, 0.15) is 24.1 Å². The number of aromatic nitrogens is 3. The molecule has 1 unspecified atom stereocenters. The summed E-state index contributed by atoms with van der Waals surface area (Å²) in [6, 6.07) is 0. The number of ether oxygens (including phenoxy) is 2. The molecule has 1 aromatic rings. The molecule has 1 aromatic heterocycles. The molecule has 3 N–H and O–H groups in total. The van der Waals surface area contributed by atoms with Gasteiger partial charge in [0, 0.05) is 13.3 Å². The first kappa shape index (κ1) is 21.8. The average molecular weight is 383 g/mol. The van der Waals surface area contributed by atoms with Crippen LogP contribution >= 0.6 is 0 Å². The molecule has 1 aliphatic heterocycles. The molecule has 0 aromatic carbocycles. The van der Waals surface area contributed by atoms with Gasteiger partial charge in [-0.25, -0.2) is 4.68 Å². The summed E-state index contributed by atoms with van der Waals surface area (Å²) in [5.41, 5.74) is 0.894. The van der Waals surface area contributed by atoms with E-state index in [2.05, 4.69) is 24.2 Å². The zero-order valence-electron chi connectivity index (χ0n) is 16.5. The molecule has 5 atom stereocenters. The Labute approximate surface area is 160 Å². The summed E-state index contributed by atoms with van der Waals surface area (Å²) in [7, 11) is 1.38. The lowest BCUT2D eigenvalue weighted by Gasteiger charge is -2.25. The van der Waals surface area contributed by atoms with Crippen LogP contribution in [0.5, 0.6) is 0 Å². The highest BCUT2D eigenvalue weighted by Crippen LogP contribution is 2.21. The molecule has 0 bridgehead atoms. The predicted octanol–water partition coefficient (Wildman–Crippen LogP) is 1.96. The minimum absolute atomic E-state index is 0.192. The summed E-state index contributed by atoms with van der Waals surface area (Å²) < 4.78 is 12.2. The molecule has 0 radical (unpaired) electrons. The van der Waals surface area contributed by atoms with Crippen molar-refractivity contribution in [2.45, 2.75) is 83.5 Å². The van der Waals surface area contributed by atoms with Crippen LogP contribution in [-0.4, -0.2) is 62.0 Å². The van der Waals surface area contributed by atoms with Gasteiger partial charge in [-0.3, -0.25) is 0 Å². The highest BCUT2D eigenvalue weighted by molar-refractivity contribution is 5.05. The lowest BCUT2D eigenvalue weighted by atomic mass is 9.98. The predicted molar refractivity (Wildman–Crippen MR) is 100 cm³/mol. The Hall–Kier alpha value is -1.48. The maximum atomic E-state index is 10.3. The van der Waals surface area contributed by atoms with Gasteiger partial charge in [0.25, 0.3) is 0 Å². The summed E-state index contributed by atoms with van der Waals surface area (Å²) in [5, 5.41) is 38.4. The van der Waals surface area contributed by atoms with Crippen LogP contribution in [0.15, 0.2) is 18.0 Å². The van der Waals surface area contributed by atoms with Gasteiger partial charge in [0.15, 0.2) is 0 Å². The molecule has 2 rings (SSSR count). The number of aliphatic hydroxyl groups excluding tert-OH is 3. The fourth-order valence-corrected chi connectivity index (χ4v) is 3.29. The maximum absolute atomic E-state index is 10.3. The topological polar surface area (TPSA) is 110 Å². The summed E-state index contributed by atoms with van der Waals surface area (Å²) in [6.45, 7) is 4.62. The van der Waals surface area contributed by atoms with Crippen LogP contribution < -0.4 is 0 Å². The Morgan fingerprint density at radius 3 is 2.78 bits per heavy atom. The van der Waals surface area contributed by atoms with Crippen LogP contribution in [0.2, 0.25) is 0 Å². The SMILES string of the molecule is CCCCCCC(C)Cc1cn(C[C@H]2O[C@H](OC)C(O)=C[C@@H](O)[C@@H]2O)nn1. The van der Waals surface area contributed by atoms with Gasteiger partial charge in [-0.2, -0.15) is 0 Å². The third kappa shape index (κ3) is 6.57. The largest absolute Gasteiger partial charge is 0.507 e. The molecule has 0 spiro atoms. The summed E-state index contributed by atoms with van der Waals surface area (Å²) in [5.74, 6) is 0.273. The van der Waals surface area contributed by atoms with E-state index in [9.17, 15) is 15.3 Å². The average Bonchev–Trinajstić information content (AvgIpc) is 3.04. The first-order chi connectivity index (χ1) is 12.9. The molecule has 8 nitrogen and oxygen atoms in total. The van der Waals surface area contributed by atoms with Gasteiger partial charge in [-0.05, 0) is 18.4 Å². The Morgan fingerprint density at radius 1 is 1.30 bits per heavy atom. The lowest BCUT2D eigenvalue weighted by Crippen LogP contribution is -2.41. The van der Waals surface area contributed by atoms with E-state index in [0.29, 0.717) is 5.92 Å². The zero-order chi connectivity index (χ0) is 19.8. The third-order valence-corrected chi connectivity index (χ3v) is 4.89. The van der Waals surface area contributed by atoms with E-state index in [1.165, 1.54) is 39.2 Å². The number of unbranched alkanes of at least 4 members (excludes halogenated alkanes) is 3. The first-order valence-corrected chi connectivity index (χ1v) is 9.78. The highest BCUT2D eigenvalue weighted by Gasteiger charge is 2.34. The van der Waals surface area contributed by atoms with Crippen molar-refractivity contribution in [2.75, 3.05) is 7.11 Å². The Morgan fingerprint density at radius 2 is 2.07 bits per heavy atom. The standard InChI is InChI=1S/C19H33N3O5/c1-4-5-6-7-8-13(2)9-14-11-22(21-20-14)12-17-18(25)15(23)10-16(24)19(26-3)27-17/h10-11,13,15,17-19,23-25H,4-9,12H2,1-3H3/t13?,15-,17-,18+,19+/m1/s1. The third-order valence-electron chi connectivity index (χ3n) is 4.89. The summed E-state index contributed by atoms with van der Waals surface area (Å²) in [4.78, 5) is 0. The molecule has 0 aliphatic carbocycles. The zero-order valence-corrected chi connectivity index (χ0v) is 16.5. The minimum Gasteiger partial charge on any atom is -0.507 e. The smallest absolute Gasteiger partial charge is 0.216 e. The maximum Gasteiger partial charge on any atom is 0.216 e. The van der Waals surface area contributed by atoms with Crippen LogP contribution in [0.25, 0.3) is 0 Å². The molecule has 154 valence electrons. The number of methoxy groups -OCH3 is 1. The molecule has 0 saturated carbocycles. The normalized spacial score (nSPS) is 27.2. The molecule has 27 heavy (non-hydrogen) atoms. The van der Waals surface area contributed by atoms with E-state index < -0.39 is 24.6 Å². The summed E-state index contributed by atoms with van der Waals surface area (Å²) in [6.07, 6.45) is 5.73. The van der Waals surface area contributed by atoms with Gasteiger partial charge in [-0.1, -0.05) is 51.2 Å². The van der Waals surface area contributed by atoms with Crippen molar-refractivity contribution in [3.8, 4) is 0 Å². The van der Waals surface area contributed by atoms with E-state index in [1.807, 2.05) is 6.20 Å². The van der Waals surface area contributed by atoms with E-state index in [4.69, 9.17) is 9.47 Å². The van der Waals surface area contributed by atoms with Crippen LogP contribution in [0.1, 0.15) is 51.6 Å². The fourth-order valence-electron chi connectivity index (χ4n) is 3.29. The molecular weight excluding hydrogens is 350 g/mol. The summed E-state index contributed by atoms with van der Waals surface area (Å²) >= 11 is 0. The van der Waals surface area contributed by atoms with E-state index >= 15 is 0 Å². The second-order valence-corrected chi connectivity index (χ2v) is 7.41. The van der Waals surface area contributed by atoms with Crippen LogP contribution in [0, 0.1) is 5.92 Å². The molecule has 1 aliphatic rings. The van der Waals surface area contributed by atoms with Crippen LogP contribution in [0.3, 0.4) is 0 Å². The fraction of sp³-hybridized carbons (Fsp3) is 0.789. The molecule has 2 heterocycles. The molecule has 0 saturated heterocycles. The van der Waals surface area contributed by atoms with Crippen molar-refractivity contribution >= 4 is 0 Å². The van der Waals surface area contributed by atoms with Crippen molar-refractivity contribution in [1.29, 1.82) is 0 Å². The molecule has 0 amide bonds. The van der Waals surface area contributed by atoms with Crippen molar-refractivity contribution in [3.63, 3.8) is 0 Å². The lowest BCUT2D eigenvalue weighted by molar-refractivity contribution is -0.179. The van der Waals surface area contributed by atoms with Gasteiger partial charge < -0.3 is 24.8 Å². The van der Waals surface area contributed by atoms with Gasteiger partial charge in [0.2, 0.25) is 6.29 Å². The first-order valence-electron chi connectivity index (χ1n) is 9.78. The number of aliphatic hydroxyl groups is 3. The van der Waals surface area contributed by atoms with E-state index in [-0.39, 0.29) is 12.3 Å². The van der Waals surface area contributed by atoms with Gasteiger partial charge in [0.05, 0.1) is 12.2 Å². The van der Waals surface area contributed by atoms with Crippen molar-refractivity contribution in [3.05, 3.63) is 23.7 Å². The number of hydrogen-bond donors (Lipinski definition) is 3.